The summed E-state index contributed by atoms with van der Waals surface area (Å²) in [5, 5.41) is 21.7. The van der Waals surface area contributed by atoms with Crippen molar-refractivity contribution < 1.29 is 23.6 Å². The molecule has 0 heterocycles. The topological polar surface area (TPSA) is 92.5 Å². The van der Waals surface area contributed by atoms with Gasteiger partial charge in [0, 0.05) is 12.6 Å². The van der Waals surface area contributed by atoms with Crippen LogP contribution in [0.15, 0.2) is 18.2 Å². The summed E-state index contributed by atoms with van der Waals surface area (Å²) in [7, 11) is 0. The van der Waals surface area contributed by atoms with Gasteiger partial charge in [0.15, 0.2) is 0 Å². The second kappa shape index (κ2) is 6.19. The molecule has 1 unspecified atom stereocenters. The van der Waals surface area contributed by atoms with E-state index in [4.69, 9.17) is 5.11 Å². The van der Waals surface area contributed by atoms with Gasteiger partial charge in [-0.15, -0.1) is 0 Å². The number of nitrogens with zero attached hydrogens (tertiary/aromatic N) is 1. The van der Waals surface area contributed by atoms with Crippen molar-refractivity contribution in [3.05, 3.63) is 39.4 Å². The molecule has 2 N–H and O–H groups in total. The number of benzene rings is 1. The second-order valence-electron chi connectivity index (χ2n) is 3.84. The summed E-state index contributed by atoms with van der Waals surface area (Å²) in [5.74, 6) is -0.871. The molecule has 0 radical (unpaired) electrons. The van der Waals surface area contributed by atoms with Crippen LogP contribution in [0, 0.1) is 17.0 Å². The Morgan fingerprint density at radius 3 is 2.68 bits per heavy atom. The maximum absolute atomic E-state index is 12.1. The van der Waals surface area contributed by atoms with Crippen LogP contribution in [0.25, 0.3) is 0 Å². The Morgan fingerprint density at radius 1 is 1.53 bits per heavy atom. The summed E-state index contributed by atoms with van der Waals surface area (Å²) in [6.45, 7) is 0.813. The van der Waals surface area contributed by atoms with Crippen molar-refractivity contribution in [2.45, 2.75) is 19.5 Å². The van der Waals surface area contributed by atoms with Gasteiger partial charge in [0.05, 0.1) is 4.92 Å². The van der Waals surface area contributed by atoms with Gasteiger partial charge in [-0.3, -0.25) is 14.9 Å². The van der Waals surface area contributed by atoms with Crippen LogP contribution in [-0.2, 0) is 0 Å². The molecule has 0 aliphatic rings. The lowest BCUT2D eigenvalue weighted by Crippen LogP contribution is -2.36. The van der Waals surface area contributed by atoms with E-state index in [9.17, 15) is 23.7 Å². The number of carbonyl (C=O) groups excluding carboxylic acids is 1. The van der Waals surface area contributed by atoms with E-state index in [1.165, 1.54) is 19.1 Å². The molecule has 0 aliphatic heterocycles. The first-order valence-corrected chi connectivity index (χ1v) is 5.33. The number of nitro benzene ring substituents is 1. The zero-order chi connectivity index (χ0) is 14.6. The molecule has 6 nitrogen and oxygen atoms in total. The van der Waals surface area contributed by atoms with Gasteiger partial charge in [0.2, 0.25) is 0 Å². The van der Waals surface area contributed by atoms with Crippen LogP contribution in [0.4, 0.5) is 14.5 Å². The highest BCUT2D eigenvalue weighted by Crippen LogP contribution is 2.21. The van der Waals surface area contributed by atoms with Gasteiger partial charge >= 0.3 is 0 Å². The molecule has 1 amide bonds. The molecule has 0 bridgehead atoms. The Balaban J connectivity index is 2.91. The average Bonchev–Trinajstić information content (AvgIpc) is 2.34. The number of aliphatic hydroxyl groups excluding tert-OH is 1. The third-order valence-corrected chi connectivity index (χ3v) is 2.44. The summed E-state index contributed by atoms with van der Waals surface area (Å²) in [6.07, 6.45) is -5.00. The summed E-state index contributed by atoms with van der Waals surface area (Å²) < 4.78 is 24.1. The maximum atomic E-state index is 12.1. The van der Waals surface area contributed by atoms with E-state index in [0.29, 0.717) is 5.56 Å². The minimum atomic E-state index is -2.99. The van der Waals surface area contributed by atoms with Crippen LogP contribution >= 0.6 is 0 Å². The molecule has 1 atom stereocenters. The first-order chi connectivity index (χ1) is 8.84. The quantitative estimate of drug-likeness (QED) is 0.624. The van der Waals surface area contributed by atoms with Gasteiger partial charge < -0.3 is 10.4 Å². The summed E-state index contributed by atoms with van der Waals surface area (Å²) in [5.41, 5.74) is -0.267. The van der Waals surface area contributed by atoms with Crippen molar-refractivity contribution in [2.75, 3.05) is 6.54 Å². The molecule has 8 heteroatoms. The number of nitrogens with one attached hydrogen (secondary N) is 1. The summed E-state index contributed by atoms with van der Waals surface area (Å²) >= 11 is 0. The van der Waals surface area contributed by atoms with E-state index >= 15 is 0 Å². The van der Waals surface area contributed by atoms with Crippen molar-refractivity contribution in [1.82, 2.24) is 5.32 Å². The Labute approximate surface area is 107 Å². The number of aryl methyl sites for hydroxylation is 1. The Hall–Kier alpha value is -2.09. The highest BCUT2D eigenvalue weighted by molar-refractivity contribution is 5.99. The highest BCUT2D eigenvalue weighted by Gasteiger charge is 2.24. The number of nitro groups is 1. The number of halogens is 2. The summed E-state index contributed by atoms with van der Waals surface area (Å²) in [4.78, 5) is 21.8. The zero-order valence-corrected chi connectivity index (χ0v) is 9.97. The van der Waals surface area contributed by atoms with Crippen LogP contribution in [0.5, 0.6) is 0 Å². The van der Waals surface area contributed by atoms with Crippen molar-refractivity contribution in [3.63, 3.8) is 0 Å². The Morgan fingerprint density at radius 2 is 2.16 bits per heavy atom. The number of aliphatic hydroxyl groups is 1. The Bertz CT molecular complexity index is 494. The number of amides is 1. The van der Waals surface area contributed by atoms with E-state index in [2.05, 4.69) is 0 Å². The predicted octanol–water partition coefficient (Wildman–Crippen LogP) is 1.26. The third-order valence-electron chi connectivity index (χ3n) is 2.44. The monoisotopic (exact) mass is 274 g/mol. The van der Waals surface area contributed by atoms with Gasteiger partial charge in [-0.2, -0.15) is 0 Å². The third kappa shape index (κ3) is 3.68. The molecule has 0 fully saturated rings. The molecule has 19 heavy (non-hydrogen) atoms. The number of hydrogen-bond acceptors (Lipinski definition) is 4. The van der Waals surface area contributed by atoms with E-state index in [1.807, 2.05) is 5.32 Å². The first kappa shape index (κ1) is 15.0. The normalized spacial score (nSPS) is 12.3. The van der Waals surface area contributed by atoms with Crippen molar-refractivity contribution in [1.29, 1.82) is 0 Å². The number of hydrogen-bond donors (Lipinski definition) is 2. The lowest BCUT2D eigenvalue weighted by atomic mass is 10.1. The van der Waals surface area contributed by atoms with Gasteiger partial charge in [0.1, 0.15) is 11.7 Å². The van der Waals surface area contributed by atoms with Crippen LogP contribution in [0.3, 0.4) is 0 Å². The molecule has 1 aromatic rings. The Kier molecular flexibility index (Phi) is 4.87. The zero-order valence-electron chi connectivity index (χ0n) is 9.97. The minimum absolute atomic E-state index is 0.200. The second-order valence-corrected chi connectivity index (χ2v) is 3.84. The van der Waals surface area contributed by atoms with Gasteiger partial charge in [-0.05, 0) is 12.5 Å². The van der Waals surface area contributed by atoms with Crippen molar-refractivity contribution in [2.24, 2.45) is 0 Å². The lowest BCUT2D eigenvalue weighted by Gasteiger charge is -2.11. The largest absolute Gasteiger partial charge is 0.385 e. The van der Waals surface area contributed by atoms with Gasteiger partial charge in [-0.1, -0.05) is 12.1 Å². The van der Waals surface area contributed by atoms with Gasteiger partial charge in [-0.25, -0.2) is 8.78 Å². The molecule has 0 spiro atoms. The SMILES string of the molecule is Cc1cccc([N+](=O)[O-])c1C(=O)NCC(O)C(F)F. The number of rotatable bonds is 5. The van der Waals surface area contributed by atoms with Gasteiger partial charge in [0.25, 0.3) is 18.0 Å². The molecular formula is C11H12F2N2O4. The van der Waals surface area contributed by atoms with Crippen LogP contribution in [-0.4, -0.2) is 35.0 Å². The van der Waals surface area contributed by atoms with E-state index < -0.39 is 35.6 Å². The predicted molar refractivity (Wildman–Crippen MR) is 62.2 cm³/mol. The maximum Gasteiger partial charge on any atom is 0.282 e. The van der Waals surface area contributed by atoms with Crippen molar-refractivity contribution in [3.8, 4) is 0 Å². The molecule has 0 aromatic heterocycles. The van der Waals surface area contributed by atoms with Crippen LogP contribution in [0.1, 0.15) is 15.9 Å². The molecule has 0 aliphatic carbocycles. The fourth-order valence-electron chi connectivity index (χ4n) is 1.47. The smallest absolute Gasteiger partial charge is 0.282 e. The standard InChI is InChI=1S/C11H12F2N2O4/c1-6-3-2-4-7(15(18)19)9(6)11(17)14-5-8(16)10(12)13/h2-4,8,10,16H,5H2,1H3,(H,14,17). The molecule has 0 saturated carbocycles. The van der Waals surface area contributed by atoms with E-state index in [-0.39, 0.29) is 5.56 Å². The fourth-order valence-corrected chi connectivity index (χ4v) is 1.47. The van der Waals surface area contributed by atoms with Crippen LogP contribution < -0.4 is 5.32 Å². The summed E-state index contributed by atoms with van der Waals surface area (Å²) in [6, 6.07) is 4.05. The fraction of sp³-hybridized carbons (Fsp3) is 0.364. The minimum Gasteiger partial charge on any atom is -0.385 e. The molecule has 1 aromatic carbocycles. The van der Waals surface area contributed by atoms with Crippen molar-refractivity contribution >= 4 is 11.6 Å². The molecule has 1 rings (SSSR count). The average molecular weight is 274 g/mol. The molecular weight excluding hydrogens is 262 g/mol. The highest BCUT2D eigenvalue weighted by atomic mass is 19.3. The van der Waals surface area contributed by atoms with Crippen LogP contribution in [0.2, 0.25) is 0 Å². The lowest BCUT2D eigenvalue weighted by molar-refractivity contribution is -0.385. The molecule has 0 saturated heterocycles. The first-order valence-electron chi connectivity index (χ1n) is 5.33. The van der Waals surface area contributed by atoms with E-state index in [1.54, 1.807) is 0 Å². The number of alkyl halides is 2. The number of carbonyl (C=O) groups is 1. The molecule has 104 valence electrons. The van der Waals surface area contributed by atoms with E-state index in [0.717, 1.165) is 6.07 Å².